The zero-order chi connectivity index (χ0) is 22.7. The standard InChI is InChI=1S/C23H22N6O2S/c1-15(27-28-23(24)25)21-14-26-22-12-9-18(13-20(21)22)29-32(30,31)19-10-7-17(8-11-19)16-5-3-2-4-6-16/h2-14,26,29H,1H3,(H4,24,25,28)/b27-15-. The number of anilines is 1. The molecule has 0 aliphatic carbocycles. The van der Waals surface area contributed by atoms with Crippen LogP contribution >= 0.6 is 0 Å². The van der Waals surface area contributed by atoms with Crippen molar-refractivity contribution in [3.63, 3.8) is 0 Å². The number of fused-ring (bicyclic) bond motifs is 1. The number of hydrogen-bond donors (Lipinski definition) is 4. The Morgan fingerprint density at radius 3 is 2.28 bits per heavy atom. The van der Waals surface area contributed by atoms with Crippen molar-refractivity contribution < 1.29 is 8.42 Å². The Bertz CT molecular complexity index is 1420. The van der Waals surface area contributed by atoms with E-state index >= 15 is 0 Å². The van der Waals surface area contributed by atoms with E-state index in [-0.39, 0.29) is 10.9 Å². The van der Waals surface area contributed by atoms with E-state index in [2.05, 4.69) is 19.9 Å². The minimum atomic E-state index is -3.76. The second-order valence-corrected chi connectivity index (χ2v) is 8.85. The molecule has 0 unspecified atom stereocenters. The van der Waals surface area contributed by atoms with Crippen molar-refractivity contribution in [3.8, 4) is 11.1 Å². The summed E-state index contributed by atoms with van der Waals surface area (Å²) in [5.41, 5.74) is 15.2. The van der Waals surface area contributed by atoms with Crippen LogP contribution < -0.4 is 16.2 Å². The predicted molar refractivity (Wildman–Crippen MR) is 129 cm³/mol. The molecule has 6 N–H and O–H groups in total. The third-order valence-corrected chi connectivity index (χ3v) is 6.31. The molecule has 0 saturated heterocycles. The highest BCUT2D eigenvalue weighted by molar-refractivity contribution is 7.92. The van der Waals surface area contributed by atoms with E-state index in [0.29, 0.717) is 11.4 Å². The predicted octanol–water partition coefficient (Wildman–Crippen LogP) is 3.63. The van der Waals surface area contributed by atoms with Crippen molar-refractivity contribution in [1.82, 2.24) is 4.98 Å². The number of guanidine groups is 1. The molecular weight excluding hydrogens is 424 g/mol. The fourth-order valence-corrected chi connectivity index (χ4v) is 4.39. The Hall–Kier alpha value is -4.11. The molecule has 8 nitrogen and oxygen atoms in total. The summed E-state index contributed by atoms with van der Waals surface area (Å²) >= 11 is 0. The highest BCUT2D eigenvalue weighted by atomic mass is 32.2. The number of nitrogens with one attached hydrogen (secondary N) is 2. The quantitative estimate of drug-likeness (QED) is 0.204. The maximum atomic E-state index is 12.9. The molecule has 0 aliphatic heterocycles. The first-order valence-corrected chi connectivity index (χ1v) is 11.2. The first-order valence-electron chi connectivity index (χ1n) is 9.76. The van der Waals surface area contributed by atoms with Gasteiger partial charge in [0.25, 0.3) is 10.0 Å². The SMILES string of the molecule is C/C(=N/N=C(N)N)c1c[nH]c2ccc(NS(=O)(=O)c3ccc(-c4ccccc4)cc3)cc12. The van der Waals surface area contributed by atoms with Crippen LogP contribution in [-0.4, -0.2) is 25.1 Å². The summed E-state index contributed by atoms with van der Waals surface area (Å²) in [7, 11) is -3.76. The monoisotopic (exact) mass is 446 g/mol. The number of aromatic nitrogens is 1. The molecular formula is C23H22N6O2S. The fraction of sp³-hybridized carbons (Fsp3) is 0.0435. The molecule has 0 amide bonds. The van der Waals surface area contributed by atoms with E-state index in [9.17, 15) is 8.42 Å². The number of sulfonamides is 1. The summed E-state index contributed by atoms with van der Waals surface area (Å²) in [5, 5.41) is 8.46. The van der Waals surface area contributed by atoms with Gasteiger partial charge in [0.05, 0.1) is 10.6 Å². The molecule has 0 radical (unpaired) electrons. The van der Waals surface area contributed by atoms with Gasteiger partial charge >= 0.3 is 0 Å². The van der Waals surface area contributed by atoms with Crippen molar-refractivity contribution in [3.05, 3.63) is 84.6 Å². The Kier molecular flexibility index (Phi) is 5.65. The van der Waals surface area contributed by atoms with E-state index in [1.807, 2.05) is 30.3 Å². The van der Waals surface area contributed by atoms with Gasteiger partial charge in [-0.3, -0.25) is 4.72 Å². The molecule has 0 atom stereocenters. The first-order chi connectivity index (χ1) is 15.3. The van der Waals surface area contributed by atoms with Crippen LogP contribution in [0.15, 0.2) is 94.1 Å². The lowest BCUT2D eigenvalue weighted by Gasteiger charge is -2.10. The zero-order valence-corrected chi connectivity index (χ0v) is 18.1. The Morgan fingerprint density at radius 1 is 0.906 bits per heavy atom. The molecule has 4 aromatic rings. The molecule has 32 heavy (non-hydrogen) atoms. The van der Waals surface area contributed by atoms with Gasteiger partial charge in [-0.25, -0.2) is 8.42 Å². The van der Waals surface area contributed by atoms with Crippen LogP contribution in [0.4, 0.5) is 5.69 Å². The highest BCUT2D eigenvalue weighted by Gasteiger charge is 2.16. The molecule has 0 spiro atoms. The topological polar surface area (TPSA) is 139 Å². The summed E-state index contributed by atoms with van der Waals surface area (Å²) in [6.45, 7) is 1.76. The van der Waals surface area contributed by atoms with Crippen molar-refractivity contribution in [1.29, 1.82) is 0 Å². The minimum absolute atomic E-state index is 0.143. The van der Waals surface area contributed by atoms with E-state index in [1.165, 1.54) is 0 Å². The van der Waals surface area contributed by atoms with Crippen molar-refractivity contribution in [2.24, 2.45) is 21.7 Å². The number of hydrogen-bond acceptors (Lipinski definition) is 4. The molecule has 9 heteroatoms. The molecule has 4 rings (SSSR count). The van der Waals surface area contributed by atoms with Gasteiger partial charge in [-0.05, 0) is 48.4 Å². The molecule has 0 fully saturated rings. The van der Waals surface area contributed by atoms with E-state index in [4.69, 9.17) is 11.5 Å². The largest absolute Gasteiger partial charge is 0.369 e. The lowest BCUT2D eigenvalue weighted by molar-refractivity contribution is 0.601. The number of H-pyrrole nitrogens is 1. The van der Waals surface area contributed by atoms with E-state index in [1.54, 1.807) is 55.6 Å². The second-order valence-electron chi connectivity index (χ2n) is 7.17. The number of aromatic amines is 1. The van der Waals surface area contributed by atoms with Crippen LogP contribution in [0.25, 0.3) is 22.0 Å². The molecule has 1 heterocycles. The van der Waals surface area contributed by atoms with Gasteiger partial charge in [-0.2, -0.15) is 5.10 Å². The van der Waals surface area contributed by atoms with Crippen molar-refractivity contribution >= 4 is 38.3 Å². The molecule has 0 aliphatic rings. The fourth-order valence-electron chi connectivity index (χ4n) is 3.34. The third kappa shape index (κ3) is 4.47. The van der Waals surface area contributed by atoms with Crippen LogP contribution in [0.5, 0.6) is 0 Å². The van der Waals surface area contributed by atoms with Gasteiger partial charge in [0, 0.05) is 28.4 Å². The smallest absolute Gasteiger partial charge is 0.261 e. The second kappa shape index (κ2) is 8.56. The summed E-state index contributed by atoms with van der Waals surface area (Å²) in [5.74, 6) is -0.143. The van der Waals surface area contributed by atoms with Gasteiger partial charge in [-0.15, -0.1) is 5.10 Å². The summed E-state index contributed by atoms with van der Waals surface area (Å²) in [4.78, 5) is 3.31. The Morgan fingerprint density at radius 2 is 1.59 bits per heavy atom. The summed E-state index contributed by atoms with van der Waals surface area (Å²) in [6, 6.07) is 21.8. The zero-order valence-electron chi connectivity index (χ0n) is 17.3. The molecule has 1 aromatic heterocycles. The van der Waals surface area contributed by atoms with Gasteiger partial charge in [0.15, 0.2) is 0 Å². The third-order valence-electron chi connectivity index (χ3n) is 4.91. The maximum absolute atomic E-state index is 12.9. The molecule has 3 aromatic carbocycles. The number of benzene rings is 3. The van der Waals surface area contributed by atoms with Gasteiger partial charge < -0.3 is 16.5 Å². The molecule has 0 bridgehead atoms. The molecule has 162 valence electrons. The Balaban J connectivity index is 1.62. The lowest BCUT2D eigenvalue weighted by atomic mass is 10.1. The molecule has 0 saturated carbocycles. The maximum Gasteiger partial charge on any atom is 0.261 e. The normalized spacial score (nSPS) is 12.0. The van der Waals surface area contributed by atoms with Gasteiger partial charge in [0.1, 0.15) is 0 Å². The van der Waals surface area contributed by atoms with Crippen LogP contribution in [0.1, 0.15) is 12.5 Å². The van der Waals surface area contributed by atoms with Crippen molar-refractivity contribution in [2.75, 3.05) is 4.72 Å². The minimum Gasteiger partial charge on any atom is -0.369 e. The number of nitrogens with zero attached hydrogens (tertiary/aromatic N) is 2. The van der Waals surface area contributed by atoms with Crippen LogP contribution in [0.3, 0.4) is 0 Å². The summed E-state index contributed by atoms with van der Waals surface area (Å²) in [6.07, 6.45) is 1.77. The number of rotatable bonds is 6. The van der Waals surface area contributed by atoms with E-state index < -0.39 is 10.0 Å². The lowest BCUT2D eigenvalue weighted by Crippen LogP contribution is -2.22. The first kappa shape index (κ1) is 21.1. The average molecular weight is 447 g/mol. The van der Waals surface area contributed by atoms with Crippen LogP contribution in [-0.2, 0) is 10.0 Å². The van der Waals surface area contributed by atoms with Crippen LogP contribution in [0.2, 0.25) is 0 Å². The van der Waals surface area contributed by atoms with Crippen molar-refractivity contribution in [2.45, 2.75) is 11.8 Å². The highest BCUT2D eigenvalue weighted by Crippen LogP contribution is 2.26. The summed E-state index contributed by atoms with van der Waals surface area (Å²) < 4.78 is 28.5. The number of nitrogens with two attached hydrogens (primary N) is 2. The van der Waals surface area contributed by atoms with Gasteiger partial charge in [-0.1, -0.05) is 42.5 Å². The van der Waals surface area contributed by atoms with Crippen LogP contribution in [0, 0.1) is 0 Å². The Labute approximate surface area is 185 Å². The average Bonchev–Trinajstić information content (AvgIpc) is 3.21. The van der Waals surface area contributed by atoms with E-state index in [0.717, 1.165) is 27.6 Å². The van der Waals surface area contributed by atoms with Gasteiger partial charge in [0.2, 0.25) is 5.96 Å².